The Hall–Kier alpha value is -3.39. The summed E-state index contributed by atoms with van der Waals surface area (Å²) in [5.41, 5.74) is 4.57. The quantitative estimate of drug-likeness (QED) is 0.684. The highest BCUT2D eigenvalue weighted by atomic mass is 16.6. The van der Waals surface area contributed by atoms with E-state index in [0.29, 0.717) is 26.0 Å². The fourth-order valence-corrected chi connectivity index (χ4v) is 5.54. The Bertz CT molecular complexity index is 1090. The summed E-state index contributed by atoms with van der Waals surface area (Å²) in [6, 6.07) is 15.7. The molecule has 2 heterocycles. The normalized spacial score (nSPS) is 25.6. The monoisotopic (exact) mass is 478 g/mol. The van der Waals surface area contributed by atoms with Gasteiger partial charge in [-0.1, -0.05) is 55.5 Å². The van der Waals surface area contributed by atoms with E-state index >= 15 is 0 Å². The lowest BCUT2D eigenvalue weighted by Gasteiger charge is -2.36. The van der Waals surface area contributed by atoms with Crippen LogP contribution < -0.4 is 5.32 Å². The first-order valence-corrected chi connectivity index (χ1v) is 12.2. The summed E-state index contributed by atoms with van der Waals surface area (Å²) in [5.74, 6) is -1.80. The molecule has 1 aliphatic carbocycles. The summed E-state index contributed by atoms with van der Waals surface area (Å²) in [6.45, 7) is 3.08. The van der Waals surface area contributed by atoms with Crippen molar-refractivity contribution in [2.45, 2.75) is 37.8 Å². The zero-order chi connectivity index (χ0) is 24.5. The van der Waals surface area contributed by atoms with Crippen molar-refractivity contribution in [1.29, 1.82) is 0 Å². The van der Waals surface area contributed by atoms with Crippen molar-refractivity contribution >= 4 is 18.0 Å². The predicted octanol–water partition coefficient (Wildman–Crippen LogP) is 3.25. The van der Waals surface area contributed by atoms with Crippen LogP contribution in [-0.4, -0.2) is 66.4 Å². The molecular formula is C27H30N2O6. The van der Waals surface area contributed by atoms with Crippen molar-refractivity contribution in [2.75, 3.05) is 26.3 Å². The zero-order valence-electron chi connectivity index (χ0n) is 19.7. The lowest BCUT2D eigenvalue weighted by Crippen LogP contribution is -2.53. The van der Waals surface area contributed by atoms with Gasteiger partial charge in [0, 0.05) is 25.6 Å². The fourth-order valence-electron chi connectivity index (χ4n) is 5.54. The molecule has 3 aliphatic rings. The van der Waals surface area contributed by atoms with Crippen LogP contribution in [0.25, 0.3) is 11.1 Å². The van der Waals surface area contributed by atoms with Crippen molar-refractivity contribution < 1.29 is 29.0 Å². The lowest BCUT2D eigenvalue weighted by molar-refractivity contribution is -0.151. The van der Waals surface area contributed by atoms with Crippen LogP contribution in [0.2, 0.25) is 0 Å². The minimum Gasteiger partial charge on any atom is -0.481 e. The van der Waals surface area contributed by atoms with E-state index in [0.717, 1.165) is 22.3 Å². The second-order valence-corrected chi connectivity index (χ2v) is 9.65. The summed E-state index contributed by atoms with van der Waals surface area (Å²) in [6.07, 6.45) is -0.304. The number of carboxylic acids is 1. The highest BCUT2D eigenvalue weighted by Crippen LogP contribution is 2.44. The third-order valence-electron chi connectivity index (χ3n) is 7.57. The second-order valence-electron chi connectivity index (χ2n) is 9.65. The number of nitrogens with one attached hydrogen (secondary N) is 1. The molecule has 0 saturated carbocycles. The molecule has 4 atom stereocenters. The van der Waals surface area contributed by atoms with Crippen molar-refractivity contribution in [3.63, 3.8) is 0 Å². The van der Waals surface area contributed by atoms with Gasteiger partial charge in [-0.25, -0.2) is 4.79 Å². The van der Waals surface area contributed by atoms with E-state index in [-0.39, 0.29) is 30.9 Å². The van der Waals surface area contributed by atoms with Crippen molar-refractivity contribution in [3.8, 4) is 11.1 Å². The van der Waals surface area contributed by atoms with Gasteiger partial charge in [0.15, 0.2) is 6.10 Å². The van der Waals surface area contributed by atoms with Gasteiger partial charge < -0.3 is 24.8 Å². The molecule has 4 unspecified atom stereocenters. The van der Waals surface area contributed by atoms with Crippen molar-refractivity contribution in [3.05, 3.63) is 59.7 Å². The Balaban J connectivity index is 1.20. The third-order valence-corrected chi connectivity index (χ3v) is 7.57. The Morgan fingerprint density at radius 3 is 2.37 bits per heavy atom. The van der Waals surface area contributed by atoms with E-state index < -0.39 is 30.1 Å². The molecule has 5 rings (SSSR count). The largest absolute Gasteiger partial charge is 0.481 e. The SMILES string of the molecule is CC1CCN(C(=O)C2OCCC2NC(=O)OCC2c3ccccc3-c3ccccc32)CC1C(=O)O. The highest BCUT2D eigenvalue weighted by Gasteiger charge is 2.41. The summed E-state index contributed by atoms with van der Waals surface area (Å²) >= 11 is 0. The number of likely N-dealkylation sites (tertiary alicyclic amines) is 1. The number of carboxylic acid groups (broad SMARTS) is 1. The number of hydrogen-bond acceptors (Lipinski definition) is 5. The molecule has 8 heteroatoms. The molecule has 2 amide bonds. The number of aliphatic carboxylic acids is 1. The van der Waals surface area contributed by atoms with Crippen LogP contribution in [0.5, 0.6) is 0 Å². The van der Waals surface area contributed by atoms with Gasteiger partial charge >= 0.3 is 12.1 Å². The zero-order valence-corrected chi connectivity index (χ0v) is 19.7. The Kier molecular flexibility index (Phi) is 6.47. The average molecular weight is 479 g/mol. The molecule has 2 aliphatic heterocycles. The molecule has 0 aromatic heterocycles. The molecular weight excluding hydrogens is 448 g/mol. The predicted molar refractivity (Wildman–Crippen MR) is 128 cm³/mol. The molecule has 2 aromatic rings. The standard InChI is InChI=1S/C27H30N2O6/c1-16-10-12-29(14-21(16)26(31)32)25(30)24-23(11-13-34-24)28-27(33)35-15-22-19-8-4-2-6-17(19)18-7-3-5-9-20(18)22/h2-9,16,21-24H,10-15H2,1H3,(H,28,33)(H,31,32). The maximum absolute atomic E-state index is 13.1. The van der Waals surface area contributed by atoms with Gasteiger partial charge in [-0.3, -0.25) is 9.59 Å². The van der Waals surface area contributed by atoms with Crippen LogP contribution in [-0.2, 0) is 19.1 Å². The van der Waals surface area contributed by atoms with Crippen molar-refractivity contribution in [1.82, 2.24) is 10.2 Å². The maximum atomic E-state index is 13.1. The second kappa shape index (κ2) is 9.70. The molecule has 2 N–H and O–H groups in total. The van der Waals surface area contributed by atoms with Crippen LogP contribution in [0, 0.1) is 11.8 Å². The van der Waals surface area contributed by atoms with E-state index in [4.69, 9.17) is 9.47 Å². The summed E-state index contributed by atoms with van der Waals surface area (Å²) in [5, 5.41) is 12.3. The summed E-state index contributed by atoms with van der Waals surface area (Å²) in [7, 11) is 0. The number of carbonyl (C=O) groups excluding carboxylic acids is 2. The lowest BCUT2D eigenvalue weighted by atomic mass is 9.87. The van der Waals surface area contributed by atoms with Crippen LogP contribution in [0.4, 0.5) is 4.79 Å². The minimum atomic E-state index is -0.893. The van der Waals surface area contributed by atoms with Gasteiger partial charge in [0.05, 0.1) is 12.0 Å². The molecule has 184 valence electrons. The van der Waals surface area contributed by atoms with Gasteiger partial charge in [-0.05, 0) is 41.0 Å². The molecule has 8 nitrogen and oxygen atoms in total. The Labute approximate surface area is 204 Å². The van der Waals surface area contributed by atoms with Crippen molar-refractivity contribution in [2.24, 2.45) is 11.8 Å². The van der Waals surface area contributed by atoms with E-state index in [1.807, 2.05) is 31.2 Å². The number of fused-ring (bicyclic) bond motifs is 3. The fraction of sp³-hybridized carbons (Fsp3) is 0.444. The third kappa shape index (κ3) is 4.50. The van der Waals surface area contributed by atoms with Crippen LogP contribution in [0.15, 0.2) is 48.5 Å². The van der Waals surface area contributed by atoms with E-state index in [1.54, 1.807) is 4.90 Å². The summed E-state index contributed by atoms with van der Waals surface area (Å²) in [4.78, 5) is 39.0. The van der Waals surface area contributed by atoms with Crippen LogP contribution >= 0.6 is 0 Å². The minimum absolute atomic E-state index is 0.00999. The number of piperidine rings is 1. The van der Waals surface area contributed by atoms with Crippen LogP contribution in [0.1, 0.15) is 36.8 Å². The number of carbonyl (C=O) groups is 3. The summed E-state index contributed by atoms with van der Waals surface area (Å²) < 4.78 is 11.3. The number of hydrogen-bond donors (Lipinski definition) is 2. The molecule has 2 fully saturated rings. The number of rotatable bonds is 5. The number of amides is 2. The van der Waals surface area contributed by atoms with E-state index in [1.165, 1.54) is 0 Å². The smallest absolute Gasteiger partial charge is 0.407 e. The van der Waals surface area contributed by atoms with Gasteiger partial charge in [-0.2, -0.15) is 0 Å². The highest BCUT2D eigenvalue weighted by molar-refractivity contribution is 5.84. The number of benzene rings is 2. The van der Waals surface area contributed by atoms with E-state index in [2.05, 4.69) is 29.6 Å². The topological polar surface area (TPSA) is 105 Å². The van der Waals surface area contributed by atoms with Gasteiger partial charge in [0.25, 0.3) is 5.91 Å². The van der Waals surface area contributed by atoms with E-state index in [9.17, 15) is 19.5 Å². The molecule has 2 saturated heterocycles. The number of ether oxygens (including phenoxy) is 2. The first-order chi connectivity index (χ1) is 16.9. The van der Waals surface area contributed by atoms with Gasteiger partial charge in [-0.15, -0.1) is 0 Å². The van der Waals surface area contributed by atoms with Gasteiger partial charge in [0.1, 0.15) is 6.61 Å². The Morgan fingerprint density at radius 2 is 1.71 bits per heavy atom. The number of alkyl carbamates (subject to hydrolysis) is 1. The molecule has 0 radical (unpaired) electrons. The first kappa shape index (κ1) is 23.4. The Morgan fingerprint density at radius 1 is 1.06 bits per heavy atom. The first-order valence-electron chi connectivity index (χ1n) is 12.2. The molecule has 0 bridgehead atoms. The molecule has 0 spiro atoms. The van der Waals surface area contributed by atoms with Gasteiger partial charge in [0.2, 0.25) is 0 Å². The molecule has 2 aromatic carbocycles. The maximum Gasteiger partial charge on any atom is 0.407 e. The number of nitrogens with zero attached hydrogens (tertiary/aromatic N) is 1. The van der Waals surface area contributed by atoms with Crippen LogP contribution in [0.3, 0.4) is 0 Å². The molecule has 35 heavy (non-hydrogen) atoms. The average Bonchev–Trinajstić information content (AvgIpc) is 3.45.